The Morgan fingerprint density at radius 2 is 1.88 bits per heavy atom. The fraction of sp³-hybridized carbons (Fsp3) is 0.562. The van der Waals surface area contributed by atoms with E-state index in [2.05, 4.69) is 0 Å². The molecule has 1 amide bonds. The summed E-state index contributed by atoms with van der Waals surface area (Å²) in [4.78, 5) is 14.4. The van der Waals surface area contributed by atoms with E-state index in [0.717, 1.165) is 0 Å². The number of carbonyl (C=O) groups excluding carboxylic acids is 1. The van der Waals surface area contributed by atoms with Crippen molar-refractivity contribution in [2.45, 2.75) is 17.7 Å². The van der Waals surface area contributed by atoms with E-state index >= 15 is 0 Å². The van der Waals surface area contributed by atoms with E-state index in [-0.39, 0.29) is 33.3 Å². The van der Waals surface area contributed by atoms with Crippen LogP contribution in [0.3, 0.4) is 0 Å². The van der Waals surface area contributed by atoms with Crippen molar-refractivity contribution in [3.8, 4) is 0 Å². The van der Waals surface area contributed by atoms with Gasteiger partial charge in [0, 0.05) is 26.2 Å². The standard InChI is InChI=1S/C16H20Cl2N2O4S/c17-13-4-1-5-14(15(13)18)25(22,23)20-6-2-3-12(11-20)16(21)19-7-9-24-10-8-19/h1,4-5,12H,2-3,6-11H2. The Labute approximate surface area is 157 Å². The monoisotopic (exact) mass is 406 g/mol. The molecular weight excluding hydrogens is 387 g/mol. The zero-order valence-corrected chi connectivity index (χ0v) is 16.0. The molecule has 0 bridgehead atoms. The molecule has 6 nitrogen and oxygen atoms in total. The Morgan fingerprint density at radius 3 is 2.60 bits per heavy atom. The second kappa shape index (κ2) is 7.80. The first kappa shape index (κ1) is 18.9. The normalized spacial score (nSPS) is 22.8. The van der Waals surface area contributed by atoms with Gasteiger partial charge in [0.15, 0.2) is 0 Å². The summed E-state index contributed by atoms with van der Waals surface area (Å²) in [5.74, 6) is -0.333. The smallest absolute Gasteiger partial charge is 0.244 e. The van der Waals surface area contributed by atoms with Crippen molar-refractivity contribution in [1.29, 1.82) is 0 Å². The summed E-state index contributed by atoms with van der Waals surface area (Å²) in [7, 11) is -3.79. The maximum absolute atomic E-state index is 12.9. The maximum Gasteiger partial charge on any atom is 0.244 e. The number of benzene rings is 1. The molecule has 1 unspecified atom stereocenters. The highest BCUT2D eigenvalue weighted by Crippen LogP contribution is 2.33. The van der Waals surface area contributed by atoms with Crippen LogP contribution in [0.5, 0.6) is 0 Å². The third kappa shape index (κ3) is 3.95. The van der Waals surface area contributed by atoms with Crippen LogP contribution in [0.2, 0.25) is 10.0 Å². The topological polar surface area (TPSA) is 66.9 Å². The first-order valence-electron chi connectivity index (χ1n) is 8.22. The zero-order chi connectivity index (χ0) is 18.0. The van der Waals surface area contributed by atoms with E-state index in [9.17, 15) is 13.2 Å². The largest absolute Gasteiger partial charge is 0.378 e. The molecule has 1 aromatic carbocycles. The van der Waals surface area contributed by atoms with Gasteiger partial charge in [0.1, 0.15) is 4.90 Å². The van der Waals surface area contributed by atoms with Crippen LogP contribution in [0.15, 0.2) is 23.1 Å². The summed E-state index contributed by atoms with van der Waals surface area (Å²) in [6.07, 6.45) is 1.32. The first-order valence-corrected chi connectivity index (χ1v) is 10.4. The molecule has 0 spiro atoms. The van der Waals surface area contributed by atoms with Crippen LogP contribution >= 0.6 is 23.2 Å². The minimum Gasteiger partial charge on any atom is -0.378 e. The van der Waals surface area contributed by atoms with Gasteiger partial charge in [0.2, 0.25) is 15.9 Å². The maximum atomic E-state index is 12.9. The quantitative estimate of drug-likeness (QED) is 0.771. The highest BCUT2D eigenvalue weighted by Gasteiger charge is 2.36. The van der Waals surface area contributed by atoms with Crippen molar-refractivity contribution < 1.29 is 17.9 Å². The lowest BCUT2D eigenvalue weighted by molar-refractivity contribution is -0.140. The molecule has 2 fully saturated rings. The van der Waals surface area contributed by atoms with Gasteiger partial charge in [-0.1, -0.05) is 29.3 Å². The Bertz CT molecular complexity index is 751. The van der Waals surface area contributed by atoms with Crippen LogP contribution in [-0.4, -0.2) is 62.9 Å². The number of hydrogen-bond acceptors (Lipinski definition) is 4. The molecule has 0 aliphatic carbocycles. The number of morpholine rings is 1. The number of halogens is 2. The predicted octanol–water partition coefficient (Wildman–Crippen LogP) is 2.25. The van der Waals surface area contributed by atoms with Gasteiger partial charge in [-0.3, -0.25) is 4.79 Å². The van der Waals surface area contributed by atoms with Crippen molar-refractivity contribution in [2.24, 2.45) is 5.92 Å². The summed E-state index contributed by atoms with van der Waals surface area (Å²) in [6, 6.07) is 4.54. The molecule has 2 saturated heterocycles. The number of ether oxygens (including phenoxy) is 1. The van der Waals surface area contributed by atoms with Crippen LogP contribution in [-0.2, 0) is 19.6 Å². The number of piperidine rings is 1. The Kier molecular flexibility index (Phi) is 5.90. The summed E-state index contributed by atoms with van der Waals surface area (Å²) >= 11 is 12.0. The molecule has 1 aromatic rings. The molecule has 2 aliphatic heterocycles. The third-order valence-electron chi connectivity index (χ3n) is 4.59. The van der Waals surface area contributed by atoms with Gasteiger partial charge in [-0.25, -0.2) is 8.42 Å². The first-order chi connectivity index (χ1) is 11.9. The van der Waals surface area contributed by atoms with Gasteiger partial charge in [-0.15, -0.1) is 0 Å². The number of amides is 1. The molecular formula is C16H20Cl2N2O4S. The van der Waals surface area contributed by atoms with Crippen LogP contribution < -0.4 is 0 Å². The van der Waals surface area contributed by atoms with E-state index in [1.54, 1.807) is 17.0 Å². The van der Waals surface area contributed by atoms with E-state index in [4.69, 9.17) is 27.9 Å². The van der Waals surface area contributed by atoms with Crippen molar-refractivity contribution in [2.75, 3.05) is 39.4 Å². The van der Waals surface area contributed by atoms with Crippen LogP contribution in [0.25, 0.3) is 0 Å². The fourth-order valence-electron chi connectivity index (χ4n) is 3.23. The van der Waals surface area contributed by atoms with Gasteiger partial charge in [0.05, 0.1) is 29.2 Å². The Balaban J connectivity index is 1.78. The lowest BCUT2D eigenvalue weighted by Crippen LogP contribution is -2.49. The van der Waals surface area contributed by atoms with Gasteiger partial charge in [0.25, 0.3) is 0 Å². The number of sulfonamides is 1. The summed E-state index contributed by atoms with van der Waals surface area (Å²) in [5.41, 5.74) is 0. The lowest BCUT2D eigenvalue weighted by atomic mass is 9.98. The van der Waals surface area contributed by atoms with E-state index in [0.29, 0.717) is 45.7 Å². The van der Waals surface area contributed by atoms with Gasteiger partial charge in [-0.2, -0.15) is 4.31 Å². The molecule has 0 aromatic heterocycles. The Hall–Kier alpha value is -0.860. The minimum atomic E-state index is -3.79. The Morgan fingerprint density at radius 1 is 1.16 bits per heavy atom. The van der Waals surface area contributed by atoms with Crippen LogP contribution in [0.1, 0.15) is 12.8 Å². The van der Waals surface area contributed by atoms with Gasteiger partial charge >= 0.3 is 0 Å². The zero-order valence-electron chi connectivity index (χ0n) is 13.7. The molecule has 0 N–H and O–H groups in total. The molecule has 9 heteroatoms. The number of rotatable bonds is 3. The second-order valence-electron chi connectivity index (χ2n) is 6.19. The van der Waals surface area contributed by atoms with Crippen molar-refractivity contribution in [3.63, 3.8) is 0 Å². The number of carbonyl (C=O) groups is 1. The molecule has 2 aliphatic rings. The fourth-order valence-corrected chi connectivity index (χ4v) is 5.49. The predicted molar refractivity (Wildman–Crippen MR) is 95.3 cm³/mol. The SMILES string of the molecule is O=C(C1CCCN(S(=O)(=O)c2cccc(Cl)c2Cl)C1)N1CCOCC1. The van der Waals surface area contributed by atoms with E-state index in [1.807, 2.05) is 0 Å². The molecule has 2 heterocycles. The van der Waals surface area contributed by atoms with Crippen LogP contribution in [0, 0.1) is 5.92 Å². The van der Waals surface area contributed by atoms with Gasteiger partial charge in [-0.05, 0) is 25.0 Å². The van der Waals surface area contributed by atoms with E-state index in [1.165, 1.54) is 10.4 Å². The highest BCUT2D eigenvalue weighted by molar-refractivity contribution is 7.89. The molecule has 0 radical (unpaired) electrons. The number of hydrogen-bond donors (Lipinski definition) is 0. The molecule has 1 atom stereocenters. The van der Waals surface area contributed by atoms with Crippen LogP contribution in [0.4, 0.5) is 0 Å². The summed E-state index contributed by atoms with van der Waals surface area (Å²) in [6.45, 7) is 2.71. The molecule has 0 saturated carbocycles. The van der Waals surface area contributed by atoms with Gasteiger partial charge < -0.3 is 9.64 Å². The third-order valence-corrected chi connectivity index (χ3v) is 7.43. The molecule has 25 heavy (non-hydrogen) atoms. The highest BCUT2D eigenvalue weighted by atomic mass is 35.5. The average molecular weight is 407 g/mol. The second-order valence-corrected chi connectivity index (χ2v) is 8.88. The van der Waals surface area contributed by atoms with Crippen molar-refractivity contribution >= 4 is 39.1 Å². The average Bonchev–Trinajstić information content (AvgIpc) is 2.64. The summed E-state index contributed by atoms with van der Waals surface area (Å²) < 4.78 is 32.5. The number of nitrogens with zero attached hydrogens (tertiary/aromatic N) is 2. The van der Waals surface area contributed by atoms with Crippen molar-refractivity contribution in [3.05, 3.63) is 28.2 Å². The minimum absolute atomic E-state index is 0.000362. The lowest BCUT2D eigenvalue weighted by Gasteiger charge is -2.35. The molecule has 3 rings (SSSR count). The molecule has 138 valence electrons. The van der Waals surface area contributed by atoms with E-state index < -0.39 is 10.0 Å². The van der Waals surface area contributed by atoms with Crippen molar-refractivity contribution in [1.82, 2.24) is 9.21 Å². The summed E-state index contributed by atoms with van der Waals surface area (Å²) in [5, 5.41) is 0.214.